The number of amides is 1. The second kappa shape index (κ2) is 7.01. The first kappa shape index (κ1) is 14.5. The molecule has 100 valence electrons. The Labute approximate surface area is 108 Å². The van der Waals surface area contributed by atoms with E-state index in [0.717, 1.165) is 6.42 Å². The predicted octanol–water partition coefficient (Wildman–Crippen LogP) is 1.47. The highest BCUT2D eigenvalue weighted by molar-refractivity contribution is 5.77. The summed E-state index contributed by atoms with van der Waals surface area (Å²) >= 11 is 0. The molecule has 0 saturated carbocycles. The van der Waals surface area contributed by atoms with E-state index in [0.29, 0.717) is 12.3 Å². The van der Waals surface area contributed by atoms with E-state index in [4.69, 9.17) is 4.74 Å². The summed E-state index contributed by atoms with van der Waals surface area (Å²) in [6.07, 6.45) is 0.457. The molecule has 1 unspecified atom stereocenters. The molecule has 1 aromatic carbocycles. The van der Waals surface area contributed by atoms with Crippen molar-refractivity contribution in [2.75, 3.05) is 20.2 Å². The minimum Gasteiger partial charge on any atom is -0.484 e. The van der Waals surface area contributed by atoms with Crippen LogP contribution in [0.5, 0.6) is 5.75 Å². The summed E-state index contributed by atoms with van der Waals surface area (Å²) in [5.41, 5.74) is 1.24. The van der Waals surface area contributed by atoms with Crippen LogP contribution in [0.2, 0.25) is 0 Å². The van der Waals surface area contributed by atoms with Gasteiger partial charge in [0.25, 0.3) is 5.91 Å². The zero-order valence-electron chi connectivity index (χ0n) is 11.2. The summed E-state index contributed by atoms with van der Waals surface area (Å²) in [6, 6.07) is 7.69. The average Bonchev–Trinajstić information content (AvgIpc) is 2.35. The van der Waals surface area contributed by atoms with E-state index in [9.17, 15) is 9.90 Å². The van der Waals surface area contributed by atoms with Crippen molar-refractivity contribution >= 4 is 5.91 Å². The quantitative estimate of drug-likeness (QED) is 0.833. The van der Waals surface area contributed by atoms with E-state index in [2.05, 4.69) is 6.92 Å². The van der Waals surface area contributed by atoms with Crippen LogP contribution in [0, 0.1) is 0 Å². The Hall–Kier alpha value is -1.55. The molecule has 0 spiro atoms. The van der Waals surface area contributed by atoms with Crippen LogP contribution in [0.1, 0.15) is 19.4 Å². The van der Waals surface area contributed by atoms with Crippen LogP contribution >= 0.6 is 0 Å². The van der Waals surface area contributed by atoms with Gasteiger partial charge in [-0.15, -0.1) is 0 Å². The van der Waals surface area contributed by atoms with Crippen LogP contribution < -0.4 is 4.74 Å². The third kappa shape index (κ3) is 4.75. The summed E-state index contributed by atoms with van der Waals surface area (Å²) in [4.78, 5) is 13.1. The minimum absolute atomic E-state index is 0.00527. The van der Waals surface area contributed by atoms with Crippen LogP contribution in [0.15, 0.2) is 24.3 Å². The van der Waals surface area contributed by atoms with Crippen molar-refractivity contribution in [3.63, 3.8) is 0 Å². The summed E-state index contributed by atoms with van der Waals surface area (Å²) in [5, 5.41) is 9.18. The smallest absolute Gasteiger partial charge is 0.260 e. The molecule has 0 bridgehead atoms. The monoisotopic (exact) mass is 251 g/mol. The molecule has 0 fully saturated rings. The SMILES string of the molecule is CCc1ccc(OCC(=O)N(C)CC(C)O)cc1. The van der Waals surface area contributed by atoms with Gasteiger partial charge in [-0.25, -0.2) is 0 Å². The second-order valence-electron chi connectivity index (χ2n) is 4.41. The Morgan fingerprint density at radius 3 is 2.50 bits per heavy atom. The van der Waals surface area contributed by atoms with Crippen LogP contribution in [-0.2, 0) is 11.2 Å². The minimum atomic E-state index is -0.525. The molecule has 4 nitrogen and oxygen atoms in total. The lowest BCUT2D eigenvalue weighted by atomic mass is 10.2. The molecular formula is C14H21NO3. The Morgan fingerprint density at radius 1 is 1.39 bits per heavy atom. The highest BCUT2D eigenvalue weighted by Gasteiger charge is 2.11. The predicted molar refractivity (Wildman–Crippen MR) is 70.6 cm³/mol. The Morgan fingerprint density at radius 2 is 2.00 bits per heavy atom. The number of benzene rings is 1. The fourth-order valence-electron chi connectivity index (χ4n) is 1.57. The van der Waals surface area contributed by atoms with Gasteiger partial charge in [0.05, 0.1) is 6.10 Å². The second-order valence-corrected chi connectivity index (χ2v) is 4.41. The third-order valence-electron chi connectivity index (χ3n) is 2.66. The number of rotatable bonds is 6. The number of carbonyl (C=O) groups excluding carboxylic acids is 1. The molecule has 0 aliphatic rings. The number of hydrogen-bond acceptors (Lipinski definition) is 3. The van der Waals surface area contributed by atoms with E-state index in [1.165, 1.54) is 10.5 Å². The maximum absolute atomic E-state index is 11.7. The van der Waals surface area contributed by atoms with Crippen molar-refractivity contribution in [3.8, 4) is 5.75 Å². The van der Waals surface area contributed by atoms with E-state index < -0.39 is 6.10 Å². The molecule has 0 aliphatic carbocycles. The van der Waals surface area contributed by atoms with Gasteiger partial charge in [0, 0.05) is 13.6 Å². The van der Waals surface area contributed by atoms with Gasteiger partial charge >= 0.3 is 0 Å². The van der Waals surface area contributed by atoms with Crippen molar-refractivity contribution in [2.45, 2.75) is 26.4 Å². The van der Waals surface area contributed by atoms with Crippen molar-refractivity contribution in [2.24, 2.45) is 0 Å². The number of nitrogens with zero attached hydrogens (tertiary/aromatic N) is 1. The molecule has 4 heteroatoms. The van der Waals surface area contributed by atoms with Crippen molar-refractivity contribution in [1.82, 2.24) is 4.90 Å². The number of aliphatic hydroxyl groups is 1. The third-order valence-corrected chi connectivity index (χ3v) is 2.66. The van der Waals surface area contributed by atoms with Crippen LogP contribution in [-0.4, -0.2) is 42.2 Å². The van der Waals surface area contributed by atoms with Crippen LogP contribution in [0.25, 0.3) is 0 Å². The number of aliphatic hydroxyl groups excluding tert-OH is 1. The number of aryl methyl sites for hydroxylation is 1. The lowest BCUT2D eigenvalue weighted by Gasteiger charge is -2.18. The number of carbonyl (C=O) groups is 1. The molecule has 1 rings (SSSR count). The van der Waals surface area contributed by atoms with E-state index in [1.807, 2.05) is 24.3 Å². The molecule has 18 heavy (non-hydrogen) atoms. The maximum Gasteiger partial charge on any atom is 0.260 e. The fourth-order valence-corrected chi connectivity index (χ4v) is 1.57. The standard InChI is InChI=1S/C14H21NO3/c1-4-12-5-7-13(8-6-12)18-10-14(17)15(3)9-11(2)16/h5-8,11,16H,4,9-10H2,1-3H3. The number of likely N-dealkylation sites (N-methyl/N-ethyl adjacent to an activating group) is 1. The average molecular weight is 251 g/mol. The number of hydrogen-bond donors (Lipinski definition) is 1. The summed E-state index contributed by atoms with van der Waals surface area (Å²) < 4.78 is 5.40. The van der Waals surface area contributed by atoms with Gasteiger partial charge in [-0.1, -0.05) is 19.1 Å². The van der Waals surface area contributed by atoms with E-state index in [1.54, 1.807) is 14.0 Å². The van der Waals surface area contributed by atoms with Gasteiger partial charge in [-0.3, -0.25) is 4.79 Å². The molecule has 0 heterocycles. The Kier molecular flexibility index (Phi) is 5.65. The molecule has 0 radical (unpaired) electrons. The van der Waals surface area contributed by atoms with Gasteiger partial charge in [-0.05, 0) is 31.0 Å². The first-order chi connectivity index (χ1) is 8.52. The maximum atomic E-state index is 11.7. The highest BCUT2D eigenvalue weighted by atomic mass is 16.5. The fraction of sp³-hybridized carbons (Fsp3) is 0.500. The molecule has 1 atom stereocenters. The number of ether oxygens (including phenoxy) is 1. The van der Waals surface area contributed by atoms with Gasteiger partial charge in [-0.2, -0.15) is 0 Å². The molecular weight excluding hydrogens is 230 g/mol. The summed E-state index contributed by atoms with van der Waals surface area (Å²) in [6.45, 7) is 4.05. The Balaban J connectivity index is 2.41. The van der Waals surface area contributed by atoms with E-state index in [-0.39, 0.29) is 12.5 Å². The van der Waals surface area contributed by atoms with Crippen LogP contribution in [0.3, 0.4) is 0 Å². The largest absolute Gasteiger partial charge is 0.484 e. The zero-order valence-corrected chi connectivity index (χ0v) is 11.2. The lowest BCUT2D eigenvalue weighted by molar-refractivity contribution is -0.133. The van der Waals surface area contributed by atoms with Gasteiger partial charge in [0.2, 0.25) is 0 Å². The molecule has 1 amide bonds. The molecule has 1 aromatic rings. The van der Waals surface area contributed by atoms with Gasteiger partial charge < -0.3 is 14.7 Å². The molecule has 0 aliphatic heterocycles. The molecule has 1 N–H and O–H groups in total. The zero-order chi connectivity index (χ0) is 13.5. The van der Waals surface area contributed by atoms with Crippen molar-refractivity contribution < 1.29 is 14.6 Å². The van der Waals surface area contributed by atoms with E-state index >= 15 is 0 Å². The normalized spacial score (nSPS) is 12.0. The first-order valence-electron chi connectivity index (χ1n) is 6.16. The van der Waals surface area contributed by atoms with Crippen molar-refractivity contribution in [3.05, 3.63) is 29.8 Å². The van der Waals surface area contributed by atoms with Gasteiger partial charge in [0.1, 0.15) is 5.75 Å². The van der Waals surface area contributed by atoms with Crippen molar-refractivity contribution in [1.29, 1.82) is 0 Å². The summed E-state index contributed by atoms with van der Waals surface area (Å²) in [7, 11) is 1.65. The summed E-state index contributed by atoms with van der Waals surface area (Å²) in [5.74, 6) is 0.543. The molecule has 0 aromatic heterocycles. The first-order valence-corrected chi connectivity index (χ1v) is 6.16. The van der Waals surface area contributed by atoms with Crippen LogP contribution in [0.4, 0.5) is 0 Å². The molecule has 0 saturated heterocycles. The Bertz CT molecular complexity index is 373. The lowest BCUT2D eigenvalue weighted by Crippen LogP contribution is -2.36. The topological polar surface area (TPSA) is 49.8 Å². The van der Waals surface area contributed by atoms with Gasteiger partial charge in [0.15, 0.2) is 6.61 Å². The highest BCUT2D eigenvalue weighted by Crippen LogP contribution is 2.12.